The number of para-hydroxylation sites is 1. The monoisotopic (exact) mass is 343 g/mol. The Hall–Kier alpha value is -3.02. The summed E-state index contributed by atoms with van der Waals surface area (Å²) in [6, 6.07) is 12.2. The first-order chi connectivity index (χ1) is 12.1. The van der Waals surface area contributed by atoms with Crippen LogP contribution in [0.3, 0.4) is 0 Å². The highest BCUT2D eigenvalue weighted by molar-refractivity contribution is 5.89. The van der Waals surface area contributed by atoms with Crippen molar-refractivity contribution in [1.82, 2.24) is 5.32 Å². The van der Waals surface area contributed by atoms with Crippen molar-refractivity contribution in [3.05, 3.63) is 59.2 Å². The van der Waals surface area contributed by atoms with Gasteiger partial charge >= 0.3 is 5.97 Å². The molecule has 0 heterocycles. The third-order valence-corrected chi connectivity index (χ3v) is 3.83. The zero-order valence-electron chi connectivity index (χ0n) is 14.2. The van der Waals surface area contributed by atoms with Crippen LogP contribution in [0, 0.1) is 0 Å². The normalized spacial score (nSPS) is 10.2. The number of carbonyl (C=O) groups is 2. The Morgan fingerprint density at radius 1 is 1.00 bits per heavy atom. The van der Waals surface area contributed by atoms with Crippen LogP contribution in [0.4, 0.5) is 0 Å². The molecule has 6 nitrogen and oxygen atoms in total. The molecule has 0 spiro atoms. The highest BCUT2D eigenvalue weighted by Crippen LogP contribution is 2.30. The number of aromatic carboxylic acids is 1. The van der Waals surface area contributed by atoms with Gasteiger partial charge in [-0.05, 0) is 24.1 Å². The maximum Gasteiger partial charge on any atom is 0.335 e. The molecule has 2 N–H and O–H groups in total. The molecule has 132 valence electrons. The Morgan fingerprint density at radius 2 is 1.72 bits per heavy atom. The smallest absolute Gasteiger partial charge is 0.335 e. The Balaban J connectivity index is 1.95. The zero-order valence-corrected chi connectivity index (χ0v) is 14.2. The molecule has 0 aliphatic heterocycles. The lowest BCUT2D eigenvalue weighted by Gasteiger charge is -2.13. The number of ether oxygens (including phenoxy) is 2. The number of nitrogens with one attached hydrogen (secondary N) is 1. The van der Waals surface area contributed by atoms with Gasteiger partial charge in [-0.3, -0.25) is 4.79 Å². The maximum absolute atomic E-state index is 12.1. The molecule has 25 heavy (non-hydrogen) atoms. The van der Waals surface area contributed by atoms with Gasteiger partial charge in [0, 0.05) is 18.5 Å². The number of amides is 1. The quantitative estimate of drug-likeness (QED) is 0.770. The van der Waals surface area contributed by atoms with Gasteiger partial charge < -0.3 is 19.9 Å². The van der Waals surface area contributed by atoms with Crippen molar-refractivity contribution in [3.8, 4) is 11.5 Å². The minimum Gasteiger partial charge on any atom is -0.493 e. The van der Waals surface area contributed by atoms with Crippen molar-refractivity contribution in [2.75, 3.05) is 14.2 Å². The predicted octanol–water partition coefficient (Wildman–Crippen LogP) is 2.65. The van der Waals surface area contributed by atoms with Crippen LogP contribution in [0.15, 0.2) is 42.5 Å². The topological polar surface area (TPSA) is 84.9 Å². The number of hydrogen-bond donors (Lipinski definition) is 2. The number of rotatable bonds is 8. The number of methoxy groups -OCH3 is 2. The first kappa shape index (κ1) is 18.3. The summed E-state index contributed by atoms with van der Waals surface area (Å²) in [4.78, 5) is 23.3. The van der Waals surface area contributed by atoms with Crippen molar-refractivity contribution >= 4 is 11.9 Å². The fraction of sp³-hybridized carbons (Fsp3) is 0.263. The van der Waals surface area contributed by atoms with E-state index in [2.05, 4.69) is 5.32 Å². The van der Waals surface area contributed by atoms with Crippen molar-refractivity contribution in [2.24, 2.45) is 0 Å². The van der Waals surface area contributed by atoms with Crippen molar-refractivity contribution < 1.29 is 24.2 Å². The molecule has 1 amide bonds. The van der Waals surface area contributed by atoms with Gasteiger partial charge in [0.15, 0.2) is 11.5 Å². The summed E-state index contributed by atoms with van der Waals surface area (Å²) in [6.45, 7) is 0.305. The van der Waals surface area contributed by atoms with Crippen molar-refractivity contribution in [2.45, 2.75) is 19.4 Å². The molecule has 0 fully saturated rings. The second-order valence-electron chi connectivity index (χ2n) is 5.39. The Bertz CT molecular complexity index is 757. The van der Waals surface area contributed by atoms with E-state index >= 15 is 0 Å². The van der Waals surface area contributed by atoms with Gasteiger partial charge in [0.1, 0.15) is 0 Å². The molecule has 0 bridgehead atoms. The molecular weight excluding hydrogens is 322 g/mol. The van der Waals surface area contributed by atoms with Crippen molar-refractivity contribution in [3.63, 3.8) is 0 Å². The lowest BCUT2D eigenvalue weighted by Crippen LogP contribution is -2.23. The molecule has 0 atom stereocenters. The maximum atomic E-state index is 12.1. The Kier molecular flexibility index (Phi) is 6.39. The predicted molar refractivity (Wildman–Crippen MR) is 93.1 cm³/mol. The molecule has 2 aromatic carbocycles. The first-order valence-corrected chi connectivity index (χ1v) is 7.84. The molecule has 6 heteroatoms. The Labute approximate surface area is 146 Å². The van der Waals surface area contributed by atoms with Crippen LogP contribution in [0.5, 0.6) is 11.5 Å². The lowest BCUT2D eigenvalue weighted by molar-refractivity contribution is -0.121. The number of carboxylic acid groups (broad SMARTS) is 1. The first-order valence-electron chi connectivity index (χ1n) is 7.84. The van der Waals surface area contributed by atoms with Gasteiger partial charge in [0.25, 0.3) is 0 Å². The van der Waals surface area contributed by atoms with E-state index in [0.29, 0.717) is 30.0 Å². The molecular formula is C19H21NO5. The van der Waals surface area contributed by atoms with E-state index in [1.54, 1.807) is 38.5 Å². The molecule has 0 aliphatic carbocycles. The van der Waals surface area contributed by atoms with Crippen LogP contribution >= 0.6 is 0 Å². The van der Waals surface area contributed by atoms with Crippen molar-refractivity contribution in [1.29, 1.82) is 0 Å². The zero-order chi connectivity index (χ0) is 18.2. The molecule has 0 aliphatic rings. The summed E-state index contributed by atoms with van der Waals surface area (Å²) < 4.78 is 10.6. The van der Waals surface area contributed by atoms with E-state index in [0.717, 1.165) is 5.56 Å². The van der Waals surface area contributed by atoms with E-state index in [1.807, 2.05) is 12.1 Å². The average Bonchev–Trinajstić information content (AvgIpc) is 2.64. The number of aryl methyl sites for hydroxylation is 1. The second-order valence-corrected chi connectivity index (χ2v) is 5.39. The summed E-state index contributed by atoms with van der Waals surface area (Å²) in [5.74, 6) is 0.0355. The molecule has 0 radical (unpaired) electrons. The summed E-state index contributed by atoms with van der Waals surface area (Å²) in [7, 11) is 3.10. The van der Waals surface area contributed by atoms with E-state index in [-0.39, 0.29) is 17.9 Å². The van der Waals surface area contributed by atoms with Gasteiger partial charge in [0.05, 0.1) is 19.8 Å². The largest absolute Gasteiger partial charge is 0.493 e. The fourth-order valence-electron chi connectivity index (χ4n) is 2.57. The van der Waals surface area contributed by atoms with Gasteiger partial charge in [0.2, 0.25) is 5.91 Å². The third-order valence-electron chi connectivity index (χ3n) is 3.83. The molecule has 0 unspecified atom stereocenters. The summed E-state index contributed by atoms with van der Waals surface area (Å²) in [5.41, 5.74) is 1.68. The summed E-state index contributed by atoms with van der Waals surface area (Å²) >= 11 is 0. The van der Waals surface area contributed by atoms with E-state index < -0.39 is 5.97 Å². The Morgan fingerprint density at radius 3 is 2.40 bits per heavy atom. The van der Waals surface area contributed by atoms with Gasteiger partial charge in [-0.2, -0.15) is 0 Å². The number of carboxylic acids is 1. The van der Waals surface area contributed by atoms with Gasteiger partial charge in [-0.15, -0.1) is 0 Å². The second kappa shape index (κ2) is 8.73. The highest BCUT2D eigenvalue weighted by atomic mass is 16.5. The molecule has 2 rings (SSSR count). The van der Waals surface area contributed by atoms with Crippen LogP contribution in [0.2, 0.25) is 0 Å². The fourth-order valence-corrected chi connectivity index (χ4v) is 2.57. The minimum absolute atomic E-state index is 0.162. The SMILES string of the molecule is COc1cccc(CNC(=O)CCc2ccccc2C(=O)O)c1OC. The minimum atomic E-state index is -0.989. The molecule has 0 saturated carbocycles. The molecule has 0 saturated heterocycles. The van der Waals surface area contributed by atoms with Gasteiger partial charge in [-0.25, -0.2) is 4.79 Å². The van der Waals surface area contributed by atoms with E-state index in [9.17, 15) is 9.59 Å². The average molecular weight is 343 g/mol. The standard InChI is InChI=1S/C19H21NO5/c1-24-16-9-5-7-14(18(16)25-2)12-20-17(21)11-10-13-6-3-4-8-15(13)19(22)23/h3-9H,10-12H2,1-2H3,(H,20,21)(H,22,23). The third kappa shape index (κ3) is 4.73. The van der Waals surface area contributed by atoms with Gasteiger partial charge in [-0.1, -0.05) is 30.3 Å². The van der Waals surface area contributed by atoms with Crippen LogP contribution in [-0.2, 0) is 17.8 Å². The lowest BCUT2D eigenvalue weighted by atomic mass is 10.0. The molecule has 0 aromatic heterocycles. The van der Waals surface area contributed by atoms with Crippen LogP contribution in [0.25, 0.3) is 0 Å². The summed E-state index contributed by atoms with van der Waals surface area (Å²) in [6.07, 6.45) is 0.570. The number of benzene rings is 2. The number of carbonyl (C=O) groups excluding carboxylic acids is 1. The van der Waals surface area contributed by atoms with Crippen LogP contribution in [-0.4, -0.2) is 31.2 Å². The molecule has 2 aromatic rings. The van der Waals surface area contributed by atoms with E-state index in [4.69, 9.17) is 14.6 Å². The number of hydrogen-bond acceptors (Lipinski definition) is 4. The van der Waals surface area contributed by atoms with E-state index in [1.165, 1.54) is 6.07 Å². The van der Waals surface area contributed by atoms with Crippen LogP contribution in [0.1, 0.15) is 27.9 Å². The highest BCUT2D eigenvalue weighted by Gasteiger charge is 2.12. The summed E-state index contributed by atoms with van der Waals surface area (Å²) in [5, 5.41) is 12.0. The van der Waals surface area contributed by atoms with Crippen LogP contribution < -0.4 is 14.8 Å².